The fourth-order valence-corrected chi connectivity index (χ4v) is 4.76. The lowest BCUT2D eigenvalue weighted by molar-refractivity contribution is 0.0750. The Morgan fingerprint density at radius 3 is 2.54 bits per heavy atom. The molecule has 1 aromatic carbocycles. The van der Waals surface area contributed by atoms with Gasteiger partial charge in [-0.05, 0) is 63.6 Å². The van der Waals surface area contributed by atoms with Crippen molar-refractivity contribution in [3.63, 3.8) is 0 Å². The number of rotatable bonds is 2. The number of carbonyl (C=O) groups excluding carboxylic acids is 1. The van der Waals surface area contributed by atoms with E-state index in [1.165, 1.54) is 36.8 Å². The molecule has 6 heteroatoms. The monoisotopic (exact) mass is 421 g/mol. The third kappa shape index (κ3) is 3.87. The number of amides is 1. The Bertz CT molecular complexity index is 897. The van der Waals surface area contributed by atoms with Crippen LogP contribution in [0.2, 0.25) is 0 Å². The van der Waals surface area contributed by atoms with Gasteiger partial charge in [-0.15, -0.1) is 24.8 Å². The standard InChI is InChI=1S/C22H27N3O.2ClH/c1-13-9-14(2)21-18(10-13)19(11-20(24-21)15-3-4-15)22(26)25-8-7-16-5-6-17(12-25)23-16;;/h9-11,15-17,23H,3-8,12H2,1-2H3;2*1H. The maximum absolute atomic E-state index is 13.5. The highest BCUT2D eigenvalue weighted by molar-refractivity contribution is 6.07. The number of carbonyl (C=O) groups is 1. The van der Waals surface area contributed by atoms with Crippen molar-refractivity contribution in [1.82, 2.24) is 15.2 Å². The Kier molecular flexibility index (Phi) is 6.23. The van der Waals surface area contributed by atoms with Gasteiger partial charge in [-0.3, -0.25) is 9.78 Å². The average molecular weight is 422 g/mol. The zero-order valence-electron chi connectivity index (χ0n) is 16.5. The van der Waals surface area contributed by atoms with Gasteiger partial charge in [0.1, 0.15) is 0 Å². The van der Waals surface area contributed by atoms with Crippen LogP contribution in [0.5, 0.6) is 0 Å². The van der Waals surface area contributed by atoms with E-state index in [-0.39, 0.29) is 30.7 Å². The van der Waals surface area contributed by atoms with Gasteiger partial charge in [-0.25, -0.2) is 0 Å². The molecule has 0 radical (unpaired) electrons. The fraction of sp³-hybridized carbons (Fsp3) is 0.545. The summed E-state index contributed by atoms with van der Waals surface area (Å²) in [5, 5.41) is 4.70. The molecule has 2 unspecified atom stereocenters. The Balaban J connectivity index is 0.00000112. The van der Waals surface area contributed by atoms with Gasteiger partial charge in [-0.1, -0.05) is 11.6 Å². The maximum Gasteiger partial charge on any atom is 0.254 e. The van der Waals surface area contributed by atoms with E-state index < -0.39 is 0 Å². The second-order valence-corrected chi connectivity index (χ2v) is 8.52. The summed E-state index contributed by atoms with van der Waals surface area (Å²) in [7, 11) is 0. The zero-order valence-corrected chi connectivity index (χ0v) is 18.2. The summed E-state index contributed by atoms with van der Waals surface area (Å²) in [6.07, 6.45) is 5.92. The Hall–Kier alpha value is -1.36. The van der Waals surface area contributed by atoms with Crippen LogP contribution in [-0.4, -0.2) is 41.0 Å². The summed E-state index contributed by atoms with van der Waals surface area (Å²) in [5.74, 6) is 0.743. The first-order chi connectivity index (χ1) is 12.6. The molecule has 28 heavy (non-hydrogen) atoms. The molecule has 1 saturated carbocycles. The number of hydrogen-bond acceptors (Lipinski definition) is 3. The predicted octanol–water partition coefficient (Wildman–Crippen LogP) is 4.54. The molecule has 1 aliphatic carbocycles. The molecule has 2 aliphatic heterocycles. The predicted molar refractivity (Wildman–Crippen MR) is 118 cm³/mol. The third-order valence-corrected chi connectivity index (χ3v) is 6.30. The lowest BCUT2D eigenvalue weighted by Crippen LogP contribution is -2.39. The molecule has 4 nitrogen and oxygen atoms in total. The van der Waals surface area contributed by atoms with E-state index in [1.807, 2.05) is 0 Å². The molecule has 2 atom stereocenters. The zero-order chi connectivity index (χ0) is 17.8. The van der Waals surface area contributed by atoms with Gasteiger partial charge in [-0.2, -0.15) is 0 Å². The van der Waals surface area contributed by atoms with E-state index in [9.17, 15) is 4.79 Å². The first-order valence-electron chi connectivity index (χ1n) is 10.1. The van der Waals surface area contributed by atoms with Crippen LogP contribution in [0, 0.1) is 13.8 Å². The molecule has 152 valence electrons. The number of benzene rings is 1. The summed E-state index contributed by atoms with van der Waals surface area (Å²) in [5.41, 5.74) is 5.36. The van der Waals surface area contributed by atoms with Crippen LogP contribution < -0.4 is 5.32 Å². The first-order valence-corrected chi connectivity index (χ1v) is 10.1. The Morgan fingerprint density at radius 2 is 1.79 bits per heavy atom. The number of pyridine rings is 1. The second kappa shape index (κ2) is 8.17. The van der Waals surface area contributed by atoms with Crippen molar-refractivity contribution in [2.45, 2.75) is 64.0 Å². The highest BCUT2D eigenvalue weighted by atomic mass is 35.5. The van der Waals surface area contributed by atoms with Crippen LogP contribution in [0.3, 0.4) is 0 Å². The van der Waals surface area contributed by atoms with Crippen molar-refractivity contribution in [3.8, 4) is 0 Å². The number of halogens is 2. The smallest absolute Gasteiger partial charge is 0.254 e. The van der Waals surface area contributed by atoms with Gasteiger partial charge >= 0.3 is 0 Å². The van der Waals surface area contributed by atoms with Gasteiger partial charge < -0.3 is 10.2 Å². The SMILES string of the molecule is Cc1cc(C)c2nc(C3CC3)cc(C(=O)N3CCC4CCC(C3)N4)c2c1.Cl.Cl. The molecule has 1 N–H and O–H groups in total. The molecule has 3 fully saturated rings. The van der Waals surface area contributed by atoms with Crippen molar-refractivity contribution in [3.05, 3.63) is 40.6 Å². The minimum Gasteiger partial charge on any atom is -0.337 e. The van der Waals surface area contributed by atoms with E-state index >= 15 is 0 Å². The summed E-state index contributed by atoms with van der Waals surface area (Å²) in [6.45, 7) is 5.91. The Morgan fingerprint density at radius 1 is 1.04 bits per heavy atom. The normalized spacial score (nSPS) is 23.7. The van der Waals surface area contributed by atoms with E-state index in [0.29, 0.717) is 18.0 Å². The maximum atomic E-state index is 13.5. The van der Waals surface area contributed by atoms with Gasteiger partial charge in [0, 0.05) is 42.2 Å². The molecular weight excluding hydrogens is 393 g/mol. The van der Waals surface area contributed by atoms with Crippen molar-refractivity contribution in [2.24, 2.45) is 0 Å². The molecule has 3 aliphatic rings. The van der Waals surface area contributed by atoms with Gasteiger partial charge in [0.2, 0.25) is 0 Å². The number of nitrogens with zero attached hydrogens (tertiary/aromatic N) is 2. The number of aromatic nitrogens is 1. The second-order valence-electron chi connectivity index (χ2n) is 8.52. The van der Waals surface area contributed by atoms with E-state index in [2.05, 4.69) is 42.3 Å². The molecule has 2 aromatic rings. The number of nitrogens with one attached hydrogen (secondary N) is 1. The molecule has 3 heterocycles. The van der Waals surface area contributed by atoms with Crippen LogP contribution >= 0.6 is 24.8 Å². The quantitative estimate of drug-likeness (QED) is 0.773. The average Bonchev–Trinajstić information content (AvgIpc) is 3.38. The van der Waals surface area contributed by atoms with E-state index in [0.717, 1.165) is 41.7 Å². The first kappa shape index (κ1) is 21.4. The third-order valence-electron chi connectivity index (χ3n) is 6.30. The van der Waals surface area contributed by atoms with Crippen LogP contribution in [0.15, 0.2) is 18.2 Å². The van der Waals surface area contributed by atoms with Crippen molar-refractivity contribution >= 4 is 41.6 Å². The number of aryl methyl sites for hydroxylation is 2. The van der Waals surface area contributed by atoms with Gasteiger partial charge in [0.25, 0.3) is 5.91 Å². The van der Waals surface area contributed by atoms with Crippen LogP contribution in [0.4, 0.5) is 0 Å². The Labute approximate surface area is 179 Å². The lowest BCUT2D eigenvalue weighted by Gasteiger charge is -2.25. The molecule has 2 bridgehead atoms. The summed E-state index contributed by atoms with van der Waals surface area (Å²) in [4.78, 5) is 20.6. The van der Waals surface area contributed by atoms with Crippen molar-refractivity contribution < 1.29 is 4.79 Å². The molecular formula is C22H29Cl2N3O. The van der Waals surface area contributed by atoms with Gasteiger partial charge in [0.15, 0.2) is 0 Å². The van der Waals surface area contributed by atoms with E-state index in [4.69, 9.17) is 4.98 Å². The number of likely N-dealkylation sites (tertiary alicyclic amines) is 1. The summed E-state index contributed by atoms with van der Waals surface area (Å²) in [6, 6.07) is 7.47. The fourth-order valence-electron chi connectivity index (χ4n) is 4.76. The lowest BCUT2D eigenvalue weighted by atomic mass is 9.99. The highest BCUT2D eigenvalue weighted by Gasteiger charge is 2.33. The number of fused-ring (bicyclic) bond motifs is 3. The largest absolute Gasteiger partial charge is 0.337 e. The van der Waals surface area contributed by atoms with Crippen molar-refractivity contribution in [2.75, 3.05) is 13.1 Å². The molecule has 5 rings (SSSR count). The van der Waals surface area contributed by atoms with Gasteiger partial charge in [0.05, 0.1) is 11.1 Å². The molecule has 2 saturated heterocycles. The molecule has 0 spiro atoms. The molecule has 1 amide bonds. The topological polar surface area (TPSA) is 45.2 Å². The summed E-state index contributed by atoms with van der Waals surface area (Å²) >= 11 is 0. The van der Waals surface area contributed by atoms with Crippen LogP contribution in [0.25, 0.3) is 10.9 Å². The minimum atomic E-state index is 0. The summed E-state index contributed by atoms with van der Waals surface area (Å²) < 4.78 is 0. The minimum absolute atomic E-state index is 0. The van der Waals surface area contributed by atoms with Crippen LogP contribution in [0.1, 0.15) is 65.2 Å². The highest BCUT2D eigenvalue weighted by Crippen LogP contribution is 2.41. The van der Waals surface area contributed by atoms with Crippen molar-refractivity contribution in [1.29, 1.82) is 0 Å². The van der Waals surface area contributed by atoms with Crippen LogP contribution in [-0.2, 0) is 0 Å². The molecule has 1 aromatic heterocycles. The number of hydrogen-bond donors (Lipinski definition) is 1. The van der Waals surface area contributed by atoms with E-state index in [1.54, 1.807) is 0 Å².